The van der Waals surface area contributed by atoms with Crippen molar-refractivity contribution in [2.75, 3.05) is 7.05 Å². The Labute approximate surface area is 182 Å². The van der Waals surface area contributed by atoms with E-state index in [1.165, 1.54) is 24.1 Å². The van der Waals surface area contributed by atoms with Gasteiger partial charge in [0.2, 0.25) is 17.7 Å². The predicted octanol–water partition coefficient (Wildman–Crippen LogP) is 2.94. The maximum absolute atomic E-state index is 13.4. The molecule has 2 fully saturated rings. The average molecular weight is 448 g/mol. The van der Waals surface area contributed by atoms with E-state index in [4.69, 9.17) is 0 Å². The number of aromatic amines is 1. The lowest BCUT2D eigenvalue weighted by Gasteiger charge is -2.29. The van der Waals surface area contributed by atoms with Crippen molar-refractivity contribution < 1.29 is 27.6 Å². The molecule has 1 aromatic heterocycles. The number of amides is 3. The van der Waals surface area contributed by atoms with Crippen LogP contribution in [0.4, 0.5) is 13.2 Å². The third-order valence-corrected chi connectivity index (χ3v) is 6.04. The predicted molar refractivity (Wildman–Crippen MR) is 107 cm³/mol. The summed E-state index contributed by atoms with van der Waals surface area (Å²) < 4.78 is 40.1. The summed E-state index contributed by atoms with van der Waals surface area (Å²) in [7, 11) is 1.53. The summed E-state index contributed by atoms with van der Waals surface area (Å²) in [5.41, 5.74) is -1.12. The largest absolute Gasteiger partial charge is 0.416 e. The maximum atomic E-state index is 13.4. The van der Waals surface area contributed by atoms with Crippen LogP contribution in [0, 0.1) is 6.92 Å². The van der Waals surface area contributed by atoms with E-state index in [9.17, 15) is 27.6 Å². The first-order chi connectivity index (χ1) is 15.0. The van der Waals surface area contributed by atoms with Crippen LogP contribution >= 0.6 is 0 Å². The van der Waals surface area contributed by atoms with E-state index in [0.29, 0.717) is 18.5 Å². The Morgan fingerprint density at radius 2 is 2.00 bits per heavy atom. The zero-order chi connectivity index (χ0) is 23.3. The van der Waals surface area contributed by atoms with Crippen LogP contribution in [0.25, 0.3) is 0 Å². The van der Waals surface area contributed by atoms with E-state index in [-0.39, 0.29) is 24.6 Å². The Morgan fingerprint density at radius 1 is 1.28 bits per heavy atom. The number of aromatic nitrogens is 2. The summed E-state index contributed by atoms with van der Waals surface area (Å²) in [5.74, 6) is -1.50. The molecule has 1 unspecified atom stereocenters. The number of H-pyrrole nitrogens is 1. The summed E-state index contributed by atoms with van der Waals surface area (Å²) in [6.45, 7) is 1.98. The molecule has 1 saturated heterocycles. The molecule has 0 bridgehead atoms. The van der Waals surface area contributed by atoms with Gasteiger partial charge < -0.3 is 4.90 Å². The quantitative estimate of drug-likeness (QED) is 0.689. The zero-order valence-corrected chi connectivity index (χ0v) is 17.7. The molecule has 1 atom stereocenters. The van der Waals surface area contributed by atoms with Crippen molar-refractivity contribution in [3.8, 4) is 0 Å². The van der Waals surface area contributed by atoms with Gasteiger partial charge in [-0.05, 0) is 37.5 Å². The van der Waals surface area contributed by atoms with Gasteiger partial charge in [-0.3, -0.25) is 24.4 Å². The van der Waals surface area contributed by atoms with Crippen LogP contribution in [-0.2, 0) is 32.5 Å². The molecule has 32 heavy (non-hydrogen) atoms. The molecule has 2 aliphatic rings. The summed E-state index contributed by atoms with van der Waals surface area (Å²) in [6, 6.07) is 5.92. The van der Waals surface area contributed by atoms with Gasteiger partial charge in [0.05, 0.1) is 23.2 Å². The molecule has 2 aromatic rings. The van der Waals surface area contributed by atoms with Crippen molar-refractivity contribution in [3.63, 3.8) is 0 Å². The molecule has 3 amide bonds. The minimum Gasteiger partial charge on any atom is -0.340 e. The topological polar surface area (TPSA) is 86.4 Å². The number of nitrogens with zero attached hydrogens (tertiary/aromatic N) is 3. The highest BCUT2D eigenvalue weighted by molar-refractivity contribution is 6.11. The van der Waals surface area contributed by atoms with E-state index < -0.39 is 41.3 Å². The van der Waals surface area contributed by atoms with E-state index >= 15 is 0 Å². The monoisotopic (exact) mass is 448 g/mol. The van der Waals surface area contributed by atoms with Gasteiger partial charge in [0.15, 0.2) is 0 Å². The Hall–Kier alpha value is -3.17. The molecule has 0 radical (unpaired) electrons. The number of alkyl halides is 3. The Balaban J connectivity index is 1.68. The van der Waals surface area contributed by atoms with Gasteiger partial charge in [-0.25, -0.2) is 0 Å². The van der Waals surface area contributed by atoms with Crippen molar-refractivity contribution in [1.29, 1.82) is 0 Å². The number of carbonyl (C=O) groups excluding carboxylic acids is 3. The van der Waals surface area contributed by atoms with Crippen molar-refractivity contribution >= 4 is 17.7 Å². The SMILES string of the molecule is Cc1cc(CN(C)C(=O)CC2(c3cccc(C(F)(F)F)c3)CC(=O)N(C3CC3)C2=O)n[nH]1. The number of rotatable bonds is 6. The van der Waals surface area contributed by atoms with Gasteiger partial charge in [-0.1, -0.05) is 18.2 Å². The first-order valence-corrected chi connectivity index (χ1v) is 10.3. The standard InChI is InChI=1S/C22H23F3N4O3/c1-13-8-16(27-26-13)12-28(2)18(30)10-21(11-19(31)29(20(21)32)17-6-7-17)14-4-3-5-15(9-14)22(23,24)25/h3-5,8-9,17H,6-7,10-12H2,1-2H3,(H,26,27). The average Bonchev–Trinajstić information content (AvgIpc) is 3.41. The minimum absolute atomic E-state index is 0.0335. The molecule has 1 aromatic carbocycles. The molecule has 4 rings (SSSR count). The first-order valence-electron chi connectivity index (χ1n) is 10.3. The molecule has 7 nitrogen and oxygen atoms in total. The third-order valence-electron chi connectivity index (χ3n) is 6.04. The van der Waals surface area contributed by atoms with Gasteiger partial charge in [0.25, 0.3) is 0 Å². The number of halogens is 3. The Kier molecular flexibility index (Phi) is 5.34. The van der Waals surface area contributed by atoms with Crippen LogP contribution in [0.3, 0.4) is 0 Å². The third kappa shape index (κ3) is 4.01. The molecular weight excluding hydrogens is 425 g/mol. The number of hydrogen-bond donors (Lipinski definition) is 1. The second-order valence-corrected chi connectivity index (χ2v) is 8.61. The number of nitrogens with one attached hydrogen (secondary N) is 1. The lowest BCUT2D eigenvalue weighted by Crippen LogP contribution is -2.43. The van der Waals surface area contributed by atoms with E-state index in [2.05, 4.69) is 10.2 Å². The second-order valence-electron chi connectivity index (χ2n) is 8.61. The highest BCUT2D eigenvalue weighted by Crippen LogP contribution is 2.45. The minimum atomic E-state index is -4.61. The lowest BCUT2D eigenvalue weighted by molar-refractivity contribution is -0.143. The number of imide groups is 1. The van der Waals surface area contributed by atoms with Gasteiger partial charge in [0, 0.05) is 31.6 Å². The van der Waals surface area contributed by atoms with Crippen molar-refractivity contribution in [1.82, 2.24) is 20.0 Å². The summed E-state index contributed by atoms with van der Waals surface area (Å²) in [4.78, 5) is 41.8. The number of benzene rings is 1. The molecule has 1 N–H and O–H groups in total. The highest BCUT2D eigenvalue weighted by Gasteiger charge is 2.57. The van der Waals surface area contributed by atoms with Crippen molar-refractivity contribution in [3.05, 3.63) is 52.8 Å². The van der Waals surface area contributed by atoms with Crippen LogP contribution in [0.5, 0.6) is 0 Å². The second kappa shape index (κ2) is 7.75. The molecule has 2 heterocycles. The molecular formula is C22H23F3N4O3. The Bertz CT molecular complexity index is 1080. The van der Waals surface area contributed by atoms with Crippen molar-refractivity contribution in [2.24, 2.45) is 0 Å². The number of aryl methyl sites for hydroxylation is 1. The van der Waals surface area contributed by atoms with Crippen LogP contribution in [0.1, 0.15) is 48.2 Å². The zero-order valence-electron chi connectivity index (χ0n) is 17.7. The summed E-state index contributed by atoms with van der Waals surface area (Å²) >= 11 is 0. The number of carbonyl (C=O) groups is 3. The maximum Gasteiger partial charge on any atom is 0.416 e. The summed E-state index contributed by atoms with van der Waals surface area (Å²) in [6.07, 6.45) is -4.00. The number of likely N-dealkylation sites (tertiary alicyclic amines) is 1. The molecule has 1 saturated carbocycles. The fraction of sp³-hybridized carbons (Fsp3) is 0.455. The van der Waals surface area contributed by atoms with E-state index in [0.717, 1.165) is 22.7 Å². The first kappa shape index (κ1) is 22.0. The summed E-state index contributed by atoms with van der Waals surface area (Å²) in [5, 5.41) is 6.86. The van der Waals surface area contributed by atoms with Crippen LogP contribution in [-0.4, -0.2) is 50.8 Å². The van der Waals surface area contributed by atoms with Crippen molar-refractivity contribution in [2.45, 2.75) is 56.8 Å². The van der Waals surface area contributed by atoms with E-state index in [1.54, 1.807) is 6.07 Å². The molecule has 1 aliphatic carbocycles. The van der Waals surface area contributed by atoms with Gasteiger partial charge >= 0.3 is 6.18 Å². The molecule has 1 aliphatic heterocycles. The van der Waals surface area contributed by atoms with Gasteiger partial charge in [0.1, 0.15) is 0 Å². The number of hydrogen-bond acceptors (Lipinski definition) is 4. The fourth-order valence-electron chi connectivity index (χ4n) is 4.20. The normalized spacial score (nSPS) is 21.3. The molecule has 0 spiro atoms. The smallest absolute Gasteiger partial charge is 0.340 e. The van der Waals surface area contributed by atoms with Gasteiger partial charge in [-0.15, -0.1) is 0 Å². The molecule has 170 valence electrons. The Morgan fingerprint density at radius 3 is 2.59 bits per heavy atom. The fourth-order valence-corrected chi connectivity index (χ4v) is 4.20. The molecule has 10 heteroatoms. The van der Waals surface area contributed by atoms with Crippen LogP contribution in [0.15, 0.2) is 30.3 Å². The lowest BCUT2D eigenvalue weighted by atomic mass is 9.75. The van der Waals surface area contributed by atoms with E-state index in [1.807, 2.05) is 6.92 Å². The van der Waals surface area contributed by atoms with Gasteiger partial charge in [-0.2, -0.15) is 18.3 Å². The highest BCUT2D eigenvalue weighted by atomic mass is 19.4. The van der Waals surface area contributed by atoms with Crippen LogP contribution in [0.2, 0.25) is 0 Å². The van der Waals surface area contributed by atoms with Crippen LogP contribution < -0.4 is 0 Å².